The van der Waals surface area contributed by atoms with Crippen LogP contribution < -0.4 is 10.2 Å². The van der Waals surface area contributed by atoms with E-state index < -0.39 is 0 Å². The molecule has 1 aromatic carbocycles. The summed E-state index contributed by atoms with van der Waals surface area (Å²) in [5, 5.41) is 15.7. The monoisotopic (exact) mass is 449 g/mol. The Morgan fingerprint density at radius 1 is 1.25 bits per heavy atom. The fraction of sp³-hybridized carbons (Fsp3) is 0.391. The minimum Gasteiger partial charge on any atom is -0.352 e. The van der Waals surface area contributed by atoms with Crippen LogP contribution in [0, 0.1) is 26.7 Å². The second kappa shape index (κ2) is 8.38. The molecular formula is C23H27N7OS. The number of amides is 1. The van der Waals surface area contributed by atoms with Crippen LogP contribution >= 0.6 is 11.3 Å². The zero-order valence-electron chi connectivity index (χ0n) is 18.6. The van der Waals surface area contributed by atoms with Gasteiger partial charge in [0.2, 0.25) is 5.91 Å². The second-order valence-corrected chi connectivity index (χ2v) is 9.48. The van der Waals surface area contributed by atoms with Crippen LogP contribution in [0.2, 0.25) is 0 Å². The lowest BCUT2D eigenvalue weighted by atomic mass is 9.97. The van der Waals surface area contributed by atoms with E-state index in [9.17, 15) is 4.79 Å². The number of carbonyl (C=O) groups excluding carboxylic acids is 1. The lowest BCUT2D eigenvalue weighted by Crippen LogP contribution is -2.43. The van der Waals surface area contributed by atoms with Crippen molar-refractivity contribution in [3.63, 3.8) is 0 Å². The van der Waals surface area contributed by atoms with Crippen molar-refractivity contribution in [2.24, 2.45) is 5.92 Å². The molecule has 1 saturated heterocycles. The lowest BCUT2D eigenvalue weighted by molar-refractivity contribution is -0.125. The van der Waals surface area contributed by atoms with Gasteiger partial charge in [0.1, 0.15) is 0 Å². The van der Waals surface area contributed by atoms with Gasteiger partial charge in [-0.3, -0.25) is 9.89 Å². The van der Waals surface area contributed by atoms with Gasteiger partial charge in [-0.1, -0.05) is 29.0 Å². The number of benzene rings is 1. The maximum Gasteiger partial charge on any atom is 0.225 e. The van der Waals surface area contributed by atoms with Gasteiger partial charge in [0, 0.05) is 30.9 Å². The third kappa shape index (κ3) is 3.88. The predicted octanol–water partition coefficient (Wildman–Crippen LogP) is 3.66. The van der Waals surface area contributed by atoms with Gasteiger partial charge in [-0.2, -0.15) is 15.2 Å². The number of hydrogen-bond acceptors (Lipinski definition) is 6. The van der Waals surface area contributed by atoms with Crippen molar-refractivity contribution in [2.45, 2.75) is 40.2 Å². The van der Waals surface area contributed by atoms with Gasteiger partial charge in [-0.25, -0.2) is 4.68 Å². The molecule has 0 radical (unpaired) electrons. The number of nitrogens with one attached hydrogen (secondary N) is 2. The zero-order chi connectivity index (χ0) is 22.2. The Hall–Kier alpha value is -3.20. The number of hydrogen-bond donors (Lipinski definition) is 2. The first-order chi connectivity index (χ1) is 15.5. The Kier molecular flexibility index (Phi) is 5.42. The standard InChI is InChI=1S/C23H27N7OS/c1-14-6-8-19(9-7-14)30-21-20(16(3)28-30)32-23(26-21)29-10-4-5-17(13-29)22(31)24-11-18-12-25-27-15(18)2/h6-9,12,17H,4-5,10-11,13H2,1-3H3,(H,24,31)(H,25,27)/t17-/m1/s1. The number of nitrogens with zero attached hydrogens (tertiary/aromatic N) is 5. The molecule has 5 rings (SSSR count). The molecule has 0 spiro atoms. The number of carbonyl (C=O) groups is 1. The van der Waals surface area contributed by atoms with Crippen molar-refractivity contribution in [2.75, 3.05) is 18.0 Å². The Morgan fingerprint density at radius 2 is 2.06 bits per heavy atom. The van der Waals surface area contributed by atoms with Gasteiger partial charge in [0.05, 0.1) is 28.2 Å². The summed E-state index contributed by atoms with van der Waals surface area (Å²) < 4.78 is 3.02. The zero-order valence-corrected chi connectivity index (χ0v) is 19.4. The molecule has 1 amide bonds. The number of anilines is 1. The molecular weight excluding hydrogens is 422 g/mol. The Bertz CT molecular complexity index is 1250. The number of aromatic nitrogens is 5. The highest BCUT2D eigenvalue weighted by Gasteiger charge is 2.28. The number of piperidine rings is 1. The van der Waals surface area contributed by atoms with Crippen LogP contribution in [0.4, 0.5) is 5.13 Å². The van der Waals surface area contributed by atoms with Crippen molar-refractivity contribution in [1.29, 1.82) is 0 Å². The van der Waals surface area contributed by atoms with Crippen LogP contribution in [0.3, 0.4) is 0 Å². The van der Waals surface area contributed by atoms with E-state index in [1.807, 2.05) is 18.5 Å². The molecule has 4 heterocycles. The van der Waals surface area contributed by atoms with Crippen molar-refractivity contribution < 1.29 is 4.79 Å². The molecule has 166 valence electrons. The molecule has 2 N–H and O–H groups in total. The average molecular weight is 450 g/mol. The first-order valence-corrected chi connectivity index (χ1v) is 11.8. The quantitative estimate of drug-likeness (QED) is 0.485. The molecule has 1 atom stereocenters. The molecule has 1 aliphatic rings. The number of fused-ring (bicyclic) bond motifs is 1. The second-order valence-electron chi connectivity index (χ2n) is 8.51. The van der Waals surface area contributed by atoms with Gasteiger partial charge >= 0.3 is 0 Å². The molecule has 1 aliphatic heterocycles. The molecule has 0 saturated carbocycles. The Balaban J connectivity index is 1.33. The summed E-state index contributed by atoms with van der Waals surface area (Å²) in [6.45, 7) is 8.17. The number of rotatable bonds is 5. The molecule has 4 aromatic rings. The highest BCUT2D eigenvalue weighted by Crippen LogP contribution is 2.34. The van der Waals surface area contributed by atoms with E-state index >= 15 is 0 Å². The van der Waals surface area contributed by atoms with Crippen LogP contribution in [0.1, 0.15) is 35.4 Å². The first-order valence-electron chi connectivity index (χ1n) is 10.9. The van der Waals surface area contributed by atoms with Crippen LogP contribution in [-0.4, -0.2) is 44.0 Å². The van der Waals surface area contributed by atoms with Crippen LogP contribution in [0.5, 0.6) is 0 Å². The summed E-state index contributed by atoms with van der Waals surface area (Å²) in [5.74, 6) is 0.0519. The molecule has 1 fully saturated rings. The number of aromatic amines is 1. The van der Waals surface area contributed by atoms with E-state index in [1.165, 1.54) is 5.56 Å². The first kappa shape index (κ1) is 20.7. The predicted molar refractivity (Wildman–Crippen MR) is 126 cm³/mol. The summed E-state index contributed by atoms with van der Waals surface area (Å²) in [6.07, 6.45) is 3.64. The van der Waals surface area contributed by atoms with E-state index in [0.29, 0.717) is 13.1 Å². The van der Waals surface area contributed by atoms with Gasteiger partial charge in [-0.05, 0) is 45.7 Å². The van der Waals surface area contributed by atoms with E-state index in [0.717, 1.165) is 57.5 Å². The van der Waals surface area contributed by atoms with Crippen LogP contribution in [0.15, 0.2) is 30.5 Å². The van der Waals surface area contributed by atoms with Crippen LogP contribution in [0.25, 0.3) is 16.0 Å². The molecule has 8 nitrogen and oxygen atoms in total. The van der Waals surface area contributed by atoms with Gasteiger partial charge in [0.15, 0.2) is 10.8 Å². The van der Waals surface area contributed by atoms with Crippen molar-refractivity contribution in [3.05, 3.63) is 53.0 Å². The normalized spacial score (nSPS) is 16.6. The number of thiazole rings is 1. The lowest BCUT2D eigenvalue weighted by Gasteiger charge is -2.31. The highest BCUT2D eigenvalue weighted by atomic mass is 32.1. The van der Waals surface area contributed by atoms with E-state index in [-0.39, 0.29) is 11.8 Å². The third-order valence-electron chi connectivity index (χ3n) is 6.11. The molecule has 32 heavy (non-hydrogen) atoms. The molecule has 9 heteroatoms. The van der Waals surface area contributed by atoms with Crippen LogP contribution in [-0.2, 0) is 11.3 Å². The fourth-order valence-electron chi connectivity index (χ4n) is 4.17. The Morgan fingerprint density at radius 3 is 2.81 bits per heavy atom. The largest absolute Gasteiger partial charge is 0.352 e. The summed E-state index contributed by atoms with van der Waals surface area (Å²) in [4.78, 5) is 20.0. The van der Waals surface area contributed by atoms with Crippen molar-refractivity contribution in [1.82, 2.24) is 30.3 Å². The van der Waals surface area contributed by atoms with Gasteiger partial charge in [-0.15, -0.1) is 0 Å². The molecule has 0 unspecified atom stereocenters. The maximum atomic E-state index is 12.8. The number of H-pyrrole nitrogens is 1. The maximum absolute atomic E-state index is 12.8. The van der Waals surface area contributed by atoms with E-state index in [2.05, 4.69) is 51.6 Å². The van der Waals surface area contributed by atoms with Gasteiger partial charge in [0.25, 0.3) is 0 Å². The topological polar surface area (TPSA) is 91.7 Å². The SMILES string of the molecule is Cc1ccc(-n2nc(C)c3sc(N4CCC[C@@H](C(=O)NCc5cn[nH]c5C)C4)nc32)cc1. The fourth-order valence-corrected chi connectivity index (χ4v) is 5.19. The highest BCUT2D eigenvalue weighted by molar-refractivity contribution is 7.22. The minimum absolute atomic E-state index is 0.0438. The summed E-state index contributed by atoms with van der Waals surface area (Å²) in [6, 6.07) is 8.32. The smallest absolute Gasteiger partial charge is 0.225 e. The Labute approximate surface area is 190 Å². The number of aryl methyl sites for hydroxylation is 3. The van der Waals surface area contributed by atoms with Crippen molar-refractivity contribution >= 4 is 32.7 Å². The summed E-state index contributed by atoms with van der Waals surface area (Å²) in [5.41, 5.74) is 6.10. The van der Waals surface area contributed by atoms with E-state index in [1.54, 1.807) is 17.5 Å². The third-order valence-corrected chi connectivity index (χ3v) is 7.32. The minimum atomic E-state index is -0.0438. The average Bonchev–Trinajstić information content (AvgIpc) is 3.49. The van der Waals surface area contributed by atoms with E-state index in [4.69, 9.17) is 10.1 Å². The van der Waals surface area contributed by atoms with Crippen molar-refractivity contribution in [3.8, 4) is 5.69 Å². The molecule has 0 aliphatic carbocycles. The summed E-state index contributed by atoms with van der Waals surface area (Å²) >= 11 is 1.66. The van der Waals surface area contributed by atoms with Gasteiger partial charge < -0.3 is 10.2 Å². The molecule has 0 bridgehead atoms. The molecule has 3 aromatic heterocycles. The summed E-state index contributed by atoms with van der Waals surface area (Å²) in [7, 11) is 0.